The molecule has 0 saturated heterocycles. The average Bonchev–Trinajstić information content (AvgIpc) is 3.20. The van der Waals surface area contributed by atoms with E-state index in [-0.39, 0.29) is 17.9 Å². The Balaban J connectivity index is 1.47. The number of carbonyl (C=O) groups is 1. The largest absolute Gasteiger partial charge is 0.492 e. The highest BCUT2D eigenvalue weighted by atomic mass is 16.5. The molecule has 2 aromatic rings. The number of pyridine rings is 1. The fourth-order valence-corrected chi connectivity index (χ4v) is 3.79. The van der Waals surface area contributed by atoms with Gasteiger partial charge in [0.05, 0.1) is 18.5 Å². The molecular formula is C20H19N3O3. The lowest BCUT2D eigenvalue weighted by atomic mass is 9.97. The SMILES string of the molecule is CC1=NCC(=O)N1c1cnc(Oc2cccc3c2C2(CC2)CO3)c(C)c1. The van der Waals surface area contributed by atoms with Crippen molar-refractivity contribution >= 4 is 17.4 Å². The molecule has 6 heteroatoms. The van der Waals surface area contributed by atoms with Crippen molar-refractivity contribution in [2.75, 3.05) is 18.1 Å². The van der Waals surface area contributed by atoms with E-state index in [1.165, 1.54) is 5.56 Å². The third-order valence-electron chi connectivity index (χ3n) is 5.37. The number of nitrogens with zero attached hydrogens (tertiary/aromatic N) is 3. The molecule has 1 aliphatic carbocycles. The molecule has 0 N–H and O–H groups in total. The lowest BCUT2D eigenvalue weighted by Gasteiger charge is -2.18. The fourth-order valence-electron chi connectivity index (χ4n) is 3.79. The number of amides is 1. The topological polar surface area (TPSA) is 64.0 Å². The molecule has 0 bridgehead atoms. The van der Waals surface area contributed by atoms with Crippen molar-refractivity contribution in [1.29, 1.82) is 0 Å². The third-order valence-corrected chi connectivity index (χ3v) is 5.37. The zero-order valence-corrected chi connectivity index (χ0v) is 14.8. The van der Waals surface area contributed by atoms with Crippen molar-refractivity contribution in [3.05, 3.63) is 41.6 Å². The van der Waals surface area contributed by atoms with Gasteiger partial charge in [0.1, 0.15) is 23.9 Å². The molecule has 1 aromatic carbocycles. The van der Waals surface area contributed by atoms with Crippen molar-refractivity contribution < 1.29 is 14.3 Å². The first kappa shape index (κ1) is 15.4. The lowest BCUT2D eigenvalue weighted by Crippen LogP contribution is -2.30. The minimum Gasteiger partial charge on any atom is -0.492 e. The molecule has 0 radical (unpaired) electrons. The first-order valence-corrected chi connectivity index (χ1v) is 8.82. The molecule has 0 atom stereocenters. The number of aromatic nitrogens is 1. The van der Waals surface area contributed by atoms with Crippen molar-refractivity contribution in [1.82, 2.24) is 4.98 Å². The van der Waals surface area contributed by atoms with E-state index in [0.29, 0.717) is 11.7 Å². The van der Waals surface area contributed by atoms with Crippen molar-refractivity contribution in [2.45, 2.75) is 32.1 Å². The number of rotatable bonds is 3. The minimum atomic E-state index is -0.0360. The smallest absolute Gasteiger partial charge is 0.254 e. The van der Waals surface area contributed by atoms with Crippen LogP contribution in [0.3, 0.4) is 0 Å². The van der Waals surface area contributed by atoms with E-state index in [9.17, 15) is 4.79 Å². The van der Waals surface area contributed by atoms with Crippen LogP contribution in [-0.4, -0.2) is 29.9 Å². The summed E-state index contributed by atoms with van der Waals surface area (Å²) in [6, 6.07) is 7.84. The molecule has 3 aliphatic rings. The van der Waals surface area contributed by atoms with Gasteiger partial charge in [0.2, 0.25) is 5.88 Å². The molecule has 1 aromatic heterocycles. The summed E-state index contributed by atoms with van der Waals surface area (Å²) in [5.74, 6) is 2.94. The zero-order chi connectivity index (χ0) is 17.9. The molecule has 1 saturated carbocycles. The second-order valence-corrected chi connectivity index (χ2v) is 7.21. The molecule has 1 fully saturated rings. The molecule has 1 spiro atoms. The van der Waals surface area contributed by atoms with E-state index in [1.807, 2.05) is 38.1 Å². The van der Waals surface area contributed by atoms with Gasteiger partial charge in [-0.1, -0.05) is 6.07 Å². The highest BCUT2D eigenvalue weighted by Crippen LogP contribution is 2.58. The Morgan fingerprint density at radius 2 is 2.12 bits per heavy atom. The van der Waals surface area contributed by atoms with Gasteiger partial charge in [-0.25, -0.2) is 4.98 Å². The van der Waals surface area contributed by atoms with E-state index < -0.39 is 0 Å². The number of aliphatic imine (C=N–C) groups is 1. The van der Waals surface area contributed by atoms with Crippen LogP contribution in [0.2, 0.25) is 0 Å². The van der Waals surface area contributed by atoms with E-state index in [0.717, 1.165) is 42.2 Å². The van der Waals surface area contributed by atoms with Crippen LogP contribution in [0.5, 0.6) is 17.4 Å². The Morgan fingerprint density at radius 1 is 1.27 bits per heavy atom. The van der Waals surface area contributed by atoms with Gasteiger partial charge in [-0.3, -0.25) is 14.7 Å². The summed E-state index contributed by atoms with van der Waals surface area (Å²) in [5.41, 5.74) is 2.90. The Hall–Kier alpha value is -2.89. The van der Waals surface area contributed by atoms with Gasteiger partial charge in [-0.2, -0.15) is 0 Å². The maximum Gasteiger partial charge on any atom is 0.254 e. The number of ether oxygens (including phenoxy) is 2. The third kappa shape index (κ3) is 2.21. The quantitative estimate of drug-likeness (QED) is 0.852. The summed E-state index contributed by atoms with van der Waals surface area (Å²) >= 11 is 0. The monoisotopic (exact) mass is 349 g/mol. The van der Waals surface area contributed by atoms with Gasteiger partial charge in [0.25, 0.3) is 5.91 Å². The predicted molar refractivity (Wildman–Crippen MR) is 97.4 cm³/mol. The highest BCUT2D eigenvalue weighted by Gasteiger charge is 2.52. The molecule has 26 heavy (non-hydrogen) atoms. The Labute approximate surface area is 151 Å². The fraction of sp³-hybridized carbons (Fsp3) is 0.350. The first-order chi connectivity index (χ1) is 12.6. The van der Waals surface area contributed by atoms with E-state index >= 15 is 0 Å². The second-order valence-electron chi connectivity index (χ2n) is 7.21. The molecular weight excluding hydrogens is 330 g/mol. The Morgan fingerprint density at radius 3 is 2.81 bits per heavy atom. The number of benzene rings is 1. The molecule has 0 unspecified atom stereocenters. The van der Waals surface area contributed by atoms with Crippen LogP contribution in [0.4, 0.5) is 5.69 Å². The van der Waals surface area contributed by atoms with Crippen LogP contribution in [-0.2, 0) is 10.2 Å². The van der Waals surface area contributed by atoms with Gasteiger partial charge in [-0.15, -0.1) is 0 Å². The number of hydrogen-bond donors (Lipinski definition) is 0. The normalized spacial score (nSPS) is 19.4. The number of carbonyl (C=O) groups excluding carboxylic acids is 1. The molecule has 3 heterocycles. The number of amidine groups is 1. The maximum atomic E-state index is 12.0. The van der Waals surface area contributed by atoms with E-state index in [4.69, 9.17) is 9.47 Å². The first-order valence-electron chi connectivity index (χ1n) is 8.82. The highest BCUT2D eigenvalue weighted by molar-refractivity contribution is 6.20. The second kappa shape index (κ2) is 5.30. The molecule has 6 nitrogen and oxygen atoms in total. The van der Waals surface area contributed by atoms with Crippen LogP contribution in [0.1, 0.15) is 30.9 Å². The standard InChI is InChI=1S/C20H19N3O3/c1-12-8-14(23-13(2)21-10-17(23)24)9-22-19(12)26-16-5-3-4-15-18(16)20(6-7-20)11-25-15/h3-5,8-9H,6-7,10-11H2,1-2H3. The summed E-state index contributed by atoms with van der Waals surface area (Å²) in [7, 11) is 0. The van der Waals surface area contributed by atoms with Crippen LogP contribution < -0.4 is 14.4 Å². The van der Waals surface area contributed by atoms with Gasteiger partial charge in [0.15, 0.2) is 0 Å². The van der Waals surface area contributed by atoms with Gasteiger partial charge in [0, 0.05) is 16.5 Å². The number of hydrogen-bond acceptors (Lipinski definition) is 5. The summed E-state index contributed by atoms with van der Waals surface area (Å²) in [5, 5.41) is 0. The van der Waals surface area contributed by atoms with Gasteiger partial charge in [-0.05, 0) is 44.9 Å². The summed E-state index contributed by atoms with van der Waals surface area (Å²) in [4.78, 5) is 22.3. The van der Waals surface area contributed by atoms with Crippen LogP contribution in [0, 0.1) is 6.92 Å². The summed E-state index contributed by atoms with van der Waals surface area (Å²) in [6.07, 6.45) is 3.94. The van der Waals surface area contributed by atoms with Crippen molar-refractivity contribution in [2.24, 2.45) is 4.99 Å². The van der Waals surface area contributed by atoms with E-state index in [1.54, 1.807) is 11.1 Å². The van der Waals surface area contributed by atoms with Crippen LogP contribution in [0.15, 0.2) is 35.5 Å². The molecule has 132 valence electrons. The predicted octanol–water partition coefficient (Wildman–Crippen LogP) is 3.37. The van der Waals surface area contributed by atoms with Gasteiger partial charge >= 0.3 is 0 Å². The van der Waals surface area contributed by atoms with E-state index in [2.05, 4.69) is 9.98 Å². The Kier molecular flexibility index (Phi) is 3.13. The maximum absolute atomic E-state index is 12.0. The average molecular weight is 349 g/mol. The van der Waals surface area contributed by atoms with Crippen LogP contribution >= 0.6 is 0 Å². The van der Waals surface area contributed by atoms with Gasteiger partial charge < -0.3 is 9.47 Å². The number of fused-ring (bicyclic) bond motifs is 2. The van der Waals surface area contributed by atoms with Crippen molar-refractivity contribution in [3.8, 4) is 17.4 Å². The summed E-state index contributed by atoms with van der Waals surface area (Å²) in [6.45, 7) is 4.70. The molecule has 2 aliphatic heterocycles. The number of aryl methyl sites for hydroxylation is 1. The van der Waals surface area contributed by atoms with Crippen molar-refractivity contribution in [3.63, 3.8) is 0 Å². The lowest BCUT2D eigenvalue weighted by molar-refractivity contribution is -0.115. The minimum absolute atomic E-state index is 0.0360. The van der Waals surface area contributed by atoms with Crippen LogP contribution in [0.25, 0.3) is 0 Å². The molecule has 5 rings (SSSR count). The number of anilines is 1. The Bertz CT molecular complexity index is 963. The molecule has 1 amide bonds. The summed E-state index contributed by atoms with van der Waals surface area (Å²) < 4.78 is 12.0. The zero-order valence-electron chi connectivity index (χ0n) is 14.8.